The first-order chi connectivity index (χ1) is 10.7. The van der Waals surface area contributed by atoms with Gasteiger partial charge in [0.25, 0.3) is 0 Å². The lowest BCUT2D eigenvalue weighted by Gasteiger charge is -2.08. The lowest BCUT2D eigenvalue weighted by molar-refractivity contribution is -0.116. The molecular formula is C15H20ClN3O3S. The van der Waals surface area contributed by atoms with Gasteiger partial charge in [-0.25, -0.2) is 4.98 Å². The summed E-state index contributed by atoms with van der Waals surface area (Å²) in [6.07, 6.45) is 0.411. The van der Waals surface area contributed by atoms with Crippen molar-refractivity contribution in [2.75, 3.05) is 33.1 Å². The number of halogens is 1. The third-order valence-electron chi connectivity index (χ3n) is 3.04. The molecule has 2 aromatic rings. The van der Waals surface area contributed by atoms with Gasteiger partial charge in [-0.05, 0) is 25.2 Å². The molecule has 1 aromatic carbocycles. The van der Waals surface area contributed by atoms with E-state index < -0.39 is 0 Å². The van der Waals surface area contributed by atoms with Gasteiger partial charge < -0.3 is 20.1 Å². The summed E-state index contributed by atoms with van der Waals surface area (Å²) in [5, 5.41) is 8.17. The zero-order valence-electron chi connectivity index (χ0n) is 13.2. The number of anilines is 1. The quantitative estimate of drug-likeness (QED) is 0.797. The number of ether oxygens (including phenoxy) is 2. The Morgan fingerprint density at radius 3 is 2.74 bits per heavy atom. The van der Waals surface area contributed by atoms with Gasteiger partial charge >= 0.3 is 0 Å². The summed E-state index contributed by atoms with van der Waals surface area (Å²) in [6.45, 7) is 0.633. The molecule has 8 heteroatoms. The van der Waals surface area contributed by atoms with E-state index in [-0.39, 0.29) is 18.3 Å². The Kier molecular flexibility index (Phi) is 7.80. The van der Waals surface area contributed by atoms with Gasteiger partial charge in [-0.1, -0.05) is 0 Å². The smallest absolute Gasteiger partial charge is 0.227 e. The molecule has 0 aliphatic rings. The van der Waals surface area contributed by atoms with Crippen molar-refractivity contribution in [2.45, 2.75) is 6.42 Å². The number of hydrogen-bond acceptors (Lipinski definition) is 6. The number of methoxy groups -OCH3 is 2. The van der Waals surface area contributed by atoms with Gasteiger partial charge in [0, 0.05) is 23.9 Å². The molecule has 0 saturated heterocycles. The molecule has 23 heavy (non-hydrogen) atoms. The van der Waals surface area contributed by atoms with Crippen molar-refractivity contribution in [3.8, 4) is 22.8 Å². The molecule has 0 spiro atoms. The lowest BCUT2D eigenvalue weighted by Crippen LogP contribution is -2.18. The minimum absolute atomic E-state index is 0. The largest absolute Gasteiger partial charge is 0.497 e. The van der Waals surface area contributed by atoms with Crippen LogP contribution in [0, 0.1) is 0 Å². The molecule has 0 aliphatic heterocycles. The minimum Gasteiger partial charge on any atom is -0.497 e. The van der Waals surface area contributed by atoms with Crippen LogP contribution in [0.1, 0.15) is 6.42 Å². The number of benzene rings is 1. The Hall–Kier alpha value is -1.83. The zero-order valence-corrected chi connectivity index (χ0v) is 14.8. The molecule has 0 saturated carbocycles. The number of nitrogens with one attached hydrogen (secondary N) is 2. The Balaban J connectivity index is 0.00000264. The predicted octanol–water partition coefficient (Wildman–Crippen LogP) is 2.80. The van der Waals surface area contributed by atoms with Gasteiger partial charge in [-0.2, -0.15) is 0 Å². The van der Waals surface area contributed by atoms with E-state index >= 15 is 0 Å². The molecule has 126 valence electrons. The third kappa shape index (κ3) is 5.09. The van der Waals surface area contributed by atoms with Crippen molar-refractivity contribution >= 4 is 34.8 Å². The topological polar surface area (TPSA) is 72.5 Å². The highest BCUT2D eigenvalue weighted by Crippen LogP contribution is 2.34. The molecule has 0 aliphatic carbocycles. The van der Waals surface area contributed by atoms with Gasteiger partial charge in [0.15, 0.2) is 5.13 Å². The number of thiazole rings is 1. The summed E-state index contributed by atoms with van der Waals surface area (Å²) >= 11 is 1.38. The lowest BCUT2D eigenvalue weighted by atomic mass is 10.1. The number of rotatable bonds is 7. The summed E-state index contributed by atoms with van der Waals surface area (Å²) in [5.74, 6) is 1.37. The number of carbonyl (C=O) groups excluding carboxylic acids is 1. The Bertz CT molecular complexity index is 649. The van der Waals surface area contributed by atoms with Gasteiger partial charge in [-0.15, -0.1) is 23.7 Å². The normalized spacial score (nSPS) is 9.87. The Labute approximate surface area is 145 Å². The Morgan fingerprint density at radius 2 is 2.09 bits per heavy atom. The summed E-state index contributed by atoms with van der Waals surface area (Å²) in [4.78, 5) is 16.2. The van der Waals surface area contributed by atoms with Crippen molar-refractivity contribution in [1.29, 1.82) is 0 Å². The molecule has 2 rings (SSSR count). The molecule has 0 bridgehead atoms. The molecule has 0 atom stereocenters. The second-order valence-electron chi connectivity index (χ2n) is 4.51. The van der Waals surface area contributed by atoms with Crippen LogP contribution in [0.25, 0.3) is 11.3 Å². The van der Waals surface area contributed by atoms with Crippen LogP contribution in [0.3, 0.4) is 0 Å². The number of amides is 1. The number of aromatic nitrogens is 1. The van der Waals surface area contributed by atoms with Crippen molar-refractivity contribution in [1.82, 2.24) is 10.3 Å². The first-order valence-corrected chi connectivity index (χ1v) is 7.68. The molecule has 0 fully saturated rings. The van der Waals surface area contributed by atoms with E-state index in [4.69, 9.17) is 9.47 Å². The van der Waals surface area contributed by atoms with Crippen molar-refractivity contribution in [3.63, 3.8) is 0 Å². The summed E-state index contributed by atoms with van der Waals surface area (Å²) in [6, 6.07) is 5.52. The van der Waals surface area contributed by atoms with E-state index in [2.05, 4.69) is 15.6 Å². The van der Waals surface area contributed by atoms with Crippen molar-refractivity contribution < 1.29 is 14.3 Å². The fourth-order valence-electron chi connectivity index (χ4n) is 1.89. The van der Waals surface area contributed by atoms with Crippen molar-refractivity contribution in [3.05, 3.63) is 23.6 Å². The SMILES string of the molecule is CNCCC(=O)Nc1nc(-c2cc(OC)ccc2OC)cs1.Cl. The van der Waals surface area contributed by atoms with Gasteiger partial charge in [0.05, 0.1) is 19.9 Å². The molecule has 2 N–H and O–H groups in total. The average Bonchev–Trinajstić information content (AvgIpc) is 3.00. The number of carbonyl (C=O) groups is 1. The standard InChI is InChI=1S/C15H19N3O3S.ClH/c1-16-7-6-14(19)18-15-17-12(9-22-15)11-8-10(20-2)4-5-13(11)21-3;/h4-5,8-9,16H,6-7H2,1-3H3,(H,17,18,19);1H. The maximum absolute atomic E-state index is 11.7. The summed E-state index contributed by atoms with van der Waals surface area (Å²) in [5.41, 5.74) is 1.57. The van der Waals surface area contributed by atoms with E-state index in [9.17, 15) is 4.79 Å². The van der Waals surface area contributed by atoms with E-state index in [1.165, 1.54) is 11.3 Å². The third-order valence-corrected chi connectivity index (χ3v) is 3.79. The van der Waals surface area contributed by atoms with Crippen LogP contribution in [0.15, 0.2) is 23.6 Å². The zero-order chi connectivity index (χ0) is 15.9. The molecule has 1 aromatic heterocycles. The van der Waals surface area contributed by atoms with Crippen molar-refractivity contribution in [2.24, 2.45) is 0 Å². The van der Waals surface area contributed by atoms with E-state index in [0.717, 1.165) is 17.0 Å². The molecule has 1 amide bonds. The maximum atomic E-state index is 11.7. The first kappa shape index (κ1) is 19.2. The number of hydrogen-bond donors (Lipinski definition) is 2. The second kappa shape index (κ2) is 9.34. The highest BCUT2D eigenvalue weighted by Gasteiger charge is 2.12. The fourth-order valence-corrected chi connectivity index (χ4v) is 2.62. The van der Waals surface area contributed by atoms with Gasteiger partial charge in [0.1, 0.15) is 11.5 Å². The van der Waals surface area contributed by atoms with E-state index in [1.807, 2.05) is 30.6 Å². The molecule has 1 heterocycles. The molecular weight excluding hydrogens is 338 g/mol. The predicted molar refractivity (Wildman–Crippen MR) is 95.1 cm³/mol. The van der Waals surface area contributed by atoms with E-state index in [0.29, 0.717) is 23.8 Å². The first-order valence-electron chi connectivity index (χ1n) is 6.80. The monoisotopic (exact) mass is 357 g/mol. The molecule has 0 radical (unpaired) electrons. The van der Waals surface area contributed by atoms with E-state index in [1.54, 1.807) is 14.2 Å². The van der Waals surface area contributed by atoms with Crippen LogP contribution < -0.4 is 20.1 Å². The Morgan fingerprint density at radius 1 is 1.30 bits per heavy atom. The summed E-state index contributed by atoms with van der Waals surface area (Å²) < 4.78 is 10.6. The fraction of sp³-hybridized carbons (Fsp3) is 0.333. The average molecular weight is 358 g/mol. The van der Waals surface area contributed by atoms with Crippen LogP contribution in [0.4, 0.5) is 5.13 Å². The second-order valence-corrected chi connectivity index (χ2v) is 5.36. The van der Waals surface area contributed by atoms with Crippen LogP contribution in [-0.2, 0) is 4.79 Å². The van der Waals surface area contributed by atoms with Crippen LogP contribution >= 0.6 is 23.7 Å². The van der Waals surface area contributed by atoms with Gasteiger partial charge in [0.2, 0.25) is 5.91 Å². The van der Waals surface area contributed by atoms with Crippen LogP contribution in [0.2, 0.25) is 0 Å². The molecule has 0 unspecified atom stereocenters. The summed E-state index contributed by atoms with van der Waals surface area (Å²) in [7, 11) is 5.03. The molecule has 6 nitrogen and oxygen atoms in total. The minimum atomic E-state index is -0.0622. The van der Waals surface area contributed by atoms with Gasteiger partial charge in [-0.3, -0.25) is 4.79 Å². The maximum Gasteiger partial charge on any atom is 0.227 e. The van der Waals surface area contributed by atoms with Crippen LogP contribution in [-0.4, -0.2) is 38.7 Å². The van der Waals surface area contributed by atoms with Crippen LogP contribution in [0.5, 0.6) is 11.5 Å². The number of nitrogens with zero attached hydrogens (tertiary/aromatic N) is 1. The highest BCUT2D eigenvalue weighted by atomic mass is 35.5. The highest BCUT2D eigenvalue weighted by molar-refractivity contribution is 7.14.